The van der Waals surface area contributed by atoms with Crippen molar-refractivity contribution in [3.05, 3.63) is 83.5 Å². The Morgan fingerprint density at radius 1 is 1.00 bits per heavy atom. The molecule has 0 atom stereocenters. The predicted molar refractivity (Wildman–Crippen MR) is 109 cm³/mol. The molecular formula is C22H19ClN2O2. The molecule has 5 heteroatoms. The van der Waals surface area contributed by atoms with Crippen LogP contribution in [0.25, 0.3) is 23.2 Å². The number of nitrogens with zero attached hydrogens (tertiary/aromatic N) is 2. The van der Waals surface area contributed by atoms with Crippen LogP contribution in [-0.2, 0) is 6.54 Å². The van der Waals surface area contributed by atoms with Crippen LogP contribution in [0.5, 0.6) is 5.75 Å². The van der Waals surface area contributed by atoms with Gasteiger partial charge >= 0.3 is 0 Å². The van der Waals surface area contributed by atoms with E-state index in [0.717, 1.165) is 35.6 Å². The van der Waals surface area contributed by atoms with E-state index >= 15 is 0 Å². The van der Waals surface area contributed by atoms with Crippen molar-refractivity contribution >= 4 is 34.8 Å². The topological polar surface area (TPSA) is 40.2 Å². The van der Waals surface area contributed by atoms with E-state index in [9.17, 15) is 0 Å². The standard InChI is InChI=1S/C22H19ClN2O2/c23-18-8-1-4-11-21(18)27-16-6-14-25-20-10-3-2-9-19(20)24-22(25)13-12-17-7-5-15-26-17/h1-5,7-13,15H,6,14,16H2/b13-12+. The third-order valence-electron chi connectivity index (χ3n) is 4.24. The molecule has 2 aromatic carbocycles. The third kappa shape index (κ3) is 4.07. The normalized spacial score (nSPS) is 11.4. The molecule has 0 aliphatic rings. The SMILES string of the molecule is Clc1ccccc1OCCCn1c(/C=C/c2ccco2)nc2ccccc21. The van der Waals surface area contributed by atoms with Gasteiger partial charge in [0, 0.05) is 6.54 Å². The molecule has 0 aliphatic carbocycles. The van der Waals surface area contributed by atoms with Crippen LogP contribution in [-0.4, -0.2) is 16.2 Å². The van der Waals surface area contributed by atoms with E-state index < -0.39 is 0 Å². The van der Waals surface area contributed by atoms with Crippen molar-refractivity contribution in [3.8, 4) is 5.75 Å². The molecule has 136 valence electrons. The lowest BCUT2D eigenvalue weighted by Crippen LogP contribution is -2.06. The molecule has 0 N–H and O–H groups in total. The summed E-state index contributed by atoms with van der Waals surface area (Å²) in [7, 11) is 0. The Hall–Kier alpha value is -2.98. The number of halogens is 1. The van der Waals surface area contributed by atoms with Crippen molar-refractivity contribution in [1.29, 1.82) is 0 Å². The number of imidazole rings is 1. The van der Waals surface area contributed by atoms with Gasteiger partial charge in [0.2, 0.25) is 0 Å². The Morgan fingerprint density at radius 2 is 1.85 bits per heavy atom. The fraction of sp³-hybridized carbons (Fsp3) is 0.136. The van der Waals surface area contributed by atoms with Crippen LogP contribution in [0.2, 0.25) is 5.02 Å². The van der Waals surface area contributed by atoms with Crippen LogP contribution in [0.1, 0.15) is 18.0 Å². The number of furan rings is 1. The number of rotatable bonds is 7. The number of benzene rings is 2. The molecule has 2 heterocycles. The van der Waals surface area contributed by atoms with E-state index in [2.05, 4.69) is 10.6 Å². The second-order valence-corrected chi connectivity index (χ2v) is 6.50. The molecule has 4 aromatic rings. The Morgan fingerprint density at radius 3 is 2.70 bits per heavy atom. The number of aromatic nitrogens is 2. The van der Waals surface area contributed by atoms with Gasteiger partial charge in [-0.3, -0.25) is 0 Å². The molecule has 0 amide bonds. The van der Waals surface area contributed by atoms with Crippen LogP contribution in [0.15, 0.2) is 71.3 Å². The average molecular weight is 379 g/mol. The van der Waals surface area contributed by atoms with Crippen LogP contribution in [0, 0.1) is 0 Å². The zero-order chi connectivity index (χ0) is 18.5. The Kier molecular flexibility index (Phi) is 5.26. The maximum Gasteiger partial charge on any atom is 0.137 e. The number of ether oxygens (including phenoxy) is 1. The highest BCUT2D eigenvalue weighted by atomic mass is 35.5. The smallest absolute Gasteiger partial charge is 0.137 e. The highest BCUT2D eigenvalue weighted by Crippen LogP contribution is 2.23. The van der Waals surface area contributed by atoms with Gasteiger partial charge in [-0.05, 0) is 55.0 Å². The largest absolute Gasteiger partial charge is 0.492 e. The minimum absolute atomic E-state index is 0.581. The summed E-state index contributed by atoms with van der Waals surface area (Å²) < 4.78 is 13.4. The maximum absolute atomic E-state index is 6.14. The van der Waals surface area contributed by atoms with Crippen molar-refractivity contribution in [1.82, 2.24) is 9.55 Å². The summed E-state index contributed by atoms with van der Waals surface area (Å²) in [6, 6.07) is 19.4. The third-order valence-corrected chi connectivity index (χ3v) is 4.56. The molecule has 27 heavy (non-hydrogen) atoms. The molecule has 4 nitrogen and oxygen atoms in total. The van der Waals surface area contributed by atoms with Gasteiger partial charge in [-0.25, -0.2) is 4.98 Å². The Bertz CT molecular complexity index is 1050. The molecule has 0 unspecified atom stereocenters. The van der Waals surface area contributed by atoms with Crippen LogP contribution < -0.4 is 4.74 Å². The number of para-hydroxylation sites is 3. The first kappa shape index (κ1) is 17.4. The summed E-state index contributed by atoms with van der Waals surface area (Å²) in [5, 5.41) is 0.632. The molecule has 0 bridgehead atoms. The van der Waals surface area contributed by atoms with Crippen molar-refractivity contribution in [3.63, 3.8) is 0 Å². The zero-order valence-corrected chi connectivity index (χ0v) is 15.5. The molecule has 0 aliphatic heterocycles. The van der Waals surface area contributed by atoms with Gasteiger partial charge in [0.1, 0.15) is 17.3 Å². The van der Waals surface area contributed by atoms with E-state index in [1.54, 1.807) is 6.26 Å². The molecule has 0 spiro atoms. The van der Waals surface area contributed by atoms with Gasteiger partial charge in [-0.1, -0.05) is 35.9 Å². The van der Waals surface area contributed by atoms with Gasteiger partial charge < -0.3 is 13.7 Å². The zero-order valence-electron chi connectivity index (χ0n) is 14.7. The Labute approximate surface area is 162 Å². The lowest BCUT2D eigenvalue weighted by atomic mass is 10.3. The van der Waals surface area contributed by atoms with Crippen molar-refractivity contribution in [2.24, 2.45) is 0 Å². The molecule has 4 rings (SSSR count). The second-order valence-electron chi connectivity index (χ2n) is 6.09. The molecule has 0 saturated heterocycles. The minimum Gasteiger partial charge on any atom is -0.492 e. The van der Waals surface area contributed by atoms with E-state index in [-0.39, 0.29) is 0 Å². The van der Waals surface area contributed by atoms with Crippen molar-refractivity contribution in [2.45, 2.75) is 13.0 Å². The first-order valence-electron chi connectivity index (χ1n) is 8.85. The number of hydrogen-bond donors (Lipinski definition) is 0. The summed E-state index contributed by atoms with van der Waals surface area (Å²) >= 11 is 6.14. The Balaban J connectivity index is 1.49. The van der Waals surface area contributed by atoms with Crippen LogP contribution in [0.3, 0.4) is 0 Å². The molecule has 0 radical (unpaired) electrons. The minimum atomic E-state index is 0.581. The van der Waals surface area contributed by atoms with Gasteiger partial charge in [0.15, 0.2) is 0 Å². The average Bonchev–Trinajstić information content (AvgIpc) is 3.32. The summed E-state index contributed by atoms with van der Waals surface area (Å²) in [5.74, 6) is 2.41. The van der Waals surface area contributed by atoms with Crippen molar-refractivity contribution < 1.29 is 9.15 Å². The number of fused-ring (bicyclic) bond motifs is 1. The molecule has 0 saturated carbocycles. The quantitative estimate of drug-likeness (QED) is 0.374. The van der Waals surface area contributed by atoms with Gasteiger partial charge in [0.05, 0.1) is 28.9 Å². The summed E-state index contributed by atoms with van der Waals surface area (Å²) in [6.07, 6.45) is 6.41. The first-order chi connectivity index (χ1) is 13.3. The first-order valence-corrected chi connectivity index (χ1v) is 9.23. The van der Waals surface area contributed by atoms with Gasteiger partial charge in [0.25, 0.3) is 0 Å². The van der Waals surface area contributed by atoms with E-state index in [4.69, 9.17) is 25.7 Å². The summed E-state index contributed by atoms with van der Waals surface area (Å²) in [6.45, 7) is 1.38. The summed E-state index contributed by atoms with van der Waals surface area (Å²) in [5.41, 5.74) is 2.08. The van der Waals surface area contributed by atoms with Gasteiger partial charge in [-0.15, -0.1) is 0 Å². The lowest BCUT2D eigenvalue weighted by Gasteiger charge is -2.10. The molecular weight excluding hydrogens is 360 g/mol. The number of aryl methyl sites for hydroxylation is 1. The van der Waals surface area contributed by atoms with Crippen molar-refractivity contribution in [2.75, 3.05) is 6.61 Å². The molecule has 0 fully saturated rings. The highest BCUT2D eigenvalue weighted by molar-refractivity contribution is 6.32. The molecule has 2 aromatic heterocycles. The number of hydrogen-bond acceptors (Lipinski definition) is 3. The van der Waals surface area contributed by atoms with E-state index in [1.165, 1.54) is 0 Å². The fourth-order valence-corrected chi connectivity index (χ4v) is 3.16. The lowest BCUT2D eigenvalue weighted by molar-refractivity contribution is 0.302. The monoisotopic (exact) mass is 378 g/mol. The van der Waals surface area contributed by atoms with E-state index in [0.29, 0.717) is 17.4 Å². The van der Waals surface area contributed by atoms with Crippen LogP contribution in [0.4, 0.5) is 0 Å². The summed E-state index contributed by atoms with van der Waals surface area (Å²) in [4.78, 5) is 4.74. The van der Waals surface area contributed by atoms with E-state index in [1.807, 2.05) is 66.7 Å². The van der Waals surface area contributed by atoms with Crippen LogP contribution >= 0.6 is 11.6 Å². The predicted octanol–water partition coefficient (Wildman–Crippen LogP) is 5.92. The second kappa shape index (κ2) is 8.14. The maximum atomic E-state index is 6.14. The fourth-order valence-electron chi connectivity index (χ4n) is 2.97. The highest BCUT2D eigenvalue weighted by Gasteiger charge is 2.08. The van der Waals surface area contributed by atoms with Gasteiger partial charge in [-0.2, -0.15) is 0 Å².